The van der Waals surface area contributed by atoms with E-state index in [4.69, 9.17) is 0 Å². The fourth-order valence-corrected chi connectivity index (χ4v) is 3.25. The van der Waals surface area contributed by atoms with E-state index in [1.165, 1.54) is 11.3 Å². The molecule has 4 rings (SSSR count). The van der Waals surface area contributed by atoms with Crippen molar-refractivity contribution in [1.82, 2.24) is 14.8 Å². The summed E-state index contributed by atoms with van der Waals surface area (Å²) in [6.45, 7) is 4.49. The predicted octanol–water partition coefficient (Wildman–Crippen LogP) is 3.06. The highest BCUT2D eigenvalue weighted by Gasteiger charge is 2.26. The van der Waals surface area contributed by atoms with Crippen LogP contribution in [0.2, 0.25) is 0 Å². The molecule has 0 unspecified atom stereocenters. The van der Waals surface area contributed by atoms with Crippen LogP contribution in [0, 0.1) is 13.8 Å². The Bertz CT molecular complexity index is 1100. The van der Waals surface area contributed by atoms with Gasteiger partial charge in [-0.3, -0.25) is 9.59 Å². The fraction of sp³-hybridized carbons (Fsp3) is 0.227. The Morgan fingerprint density at radius 1 is 1.10 bits per heavy atom. The average molecular weight is 402 g/mol. The zero-order valence-electron chi connectivity index (χ0n) is 16.9. The highest BCUT2D eigenvalue weighted by atomic mass is 16.2. The molecule has 0 radical (unpaired) electrons. The molecule has 1 aliphatic rings. The number of aromatic nitrogens is 3. The van der Waals surface area contributed by atoms with Crippen LogP contribution < -0.4 is 10.3 Å². The zero-order valence-corrected chi connectivity index (χ0v) is 16.9. The molecule has 3 aromatic rings. The number of rotatable bonds is 5. The second-order valence-corrected chi connectivity index (χ2v) is 7.29. The first-order chi connectivity index (χ1) is 14.5. The van der Waals surface area contributed by atoms with E-state index >= 15 is 0 Å². The van der Waals surface area contributed by atoms with Crippen molar-refractivity contribution >= 4 is 28.9 Å². The molecule has 2 amide bonds. The number of hydrazone groups is 1. The number of hydrogen-bond donors (Lipinski definition) is 1. The van der Waals surface area contributed by atoms with Gasteiger partial charge in [-0.2, -0.15) is 10.2 Å². The van der Waals surface area contributed by atoms with Gasteiger partial charge in [-0.05, 0) is 48.7 Å². The molecule has 152 valence electrons. The minimum Gasteiger partial charge on any atom is -0.321 e. The van der Waals surface area contributed by atoms with Crippen LogP contribution in [0.1, 0.15) is 29.5 Å². The number of nitrogens with zero attached hydrogens (tertiary/aromatic N) is 5. The number of nitrogens with one attached hydrogen (secondary N) is 1. The van der Waals surface area contributed by atoms with Gasteiger partial charge in [0.25, 0.3) is 5.91 Å². The normalized spacial score (nSPS) is 13.9. The highest BCUT2D eigenvalue weighted by molar-refractivity contribution is 6.44. The van der Waals surface area contributed by atoms with Crippen LogP contribution in [-0.2, 0) is 16.1 Å². The molecule has 30 heavy (non-hydrogen) atoms. The second kappa shape index (κ2) is 8.28. The maximum atomic E-state index is 12.7. The number of carbonyl (C=O) groups is 2. The van der Waals surface area contributed by atoms with Crippen LogP contribution in [-0.4, -0.2) is 32.3 Å². The lowest BCUT2D eigenvalue weighted by molar-refractivity contribution is -0.118. The first kappa shape index (κ1) is 19.5. The Hall–Kier alpha value is -3.81. The van der Waals surface area contributed by atoms with Gasteiger partial charge in [0, 0.05) is 18.5 Å². The third-order valence-corrected chi connectivity index (χ3v) is 4.91. The van der Waals surface area contributed by atoms with Gasteiger partial charge in [0.15, 0.2) is 0 Å². The number of aryl methyl sites for hydroxylation is 2. The maximum absolute atomic E-state index is 12.7. The van der Waals surface area contributed by atoms with Crippen molar-refractivity contribution in [3.8, 4) is 0 Å². The van der Waals surface area contributed by atoms with E-state index in [1.54, 1.807) is 11.0 Å². The molecule has 0 spiro atoms. The lowest BCUT2D eigenvalue weighted by atomic mass is 10.1. The van der Waals surface area contributed by atoms with Crippen LogP contribution in [0.4, 0.5) is 11.4 Å². The van der Waals surface area contributed by atoms with Crippen LogP contribution in [0.15, 0.2) is 60.2 Å². The molecule has 2 heterocycles. The summed E-state index contributed by atoms with van der Waals surface area (Å²) >= 11 is 0. The van der Waals surface area contributed by atoms with Gasteiger partial charge in [-0.15, -0.1) is 0 Å². The van der Waals surface area contributed by atoms with Gasteiger partial charge in [-0.25, -0.2) is 14.7 Å². The van der Waals surface area contributed by atoms with E-state index in [-0.39, 0.29) is 18.2 Å². The number of amides is 2. The topological polar surface area (TPSA) is 92.5 Å². The summed E-state index contributed by atoms with van der Waals surface area (Å²) in [7, 11) is 0. The molecule has 1 aliphatic heterocycles. The number of anilines is 2. The summed E-state index contributed by atoms with van der Waals surface area (Å²) in [5.41, 5.74) is 4.72. The third-order valence-electron chi connectivity index (χ3n) is 4.91. The summed E-state index contributed by atoms with van der Waals surface area (Å²) in [4.78, 5) is 29.1. The molecule has 1 N–H and O–H groups in total. The summed E-state index contributed by atoms with van der Waals surface area (Å²) in [6.07, 6.45) is 3.71. The second-order valence-electron chi connectivity index (χ2n) is 7.29. The van der Waals surface area contributed by atoms with Crippen LogP contribution >= 0.6 is 0 Å². The van der Waals surface area contributed by atoms with E-state index in [0.717, 1.165) is 16.7 Å². The summed E-state index contributed by atoms with van der Waals surface area (Å²) < 4.78 is 1.73. The quantitative estimate of drug-likeness (QED) is 0.710. The van der Waals surface area contributed by atoms with E-state index < -0.39 is 0 Å². The van der Waals surface area contributed by atoms with Crippen LogP contribution in [0.25, 0.3) is 0 Å². The zero-order chi connectivity index (χ0) is 21.1. The molecule has 2 aromatic carbocycles. The Labute approximate surface area is 174 Å². The van der Waals surface area contributed by atoms with Crippen molar-refractivity contribution in [2.24, 2.45) is 5.10 Å². The molecular formula is C22H22N6O2. The third kappa shape index (κ3) is 4.27. The number of carbonyl (C=O) groups excluding carboxylic acids is 2. The minimum atomic E-state index is -0.304. The van der Waals surface area contributed by atoms with Gasteiger partial charge in [0.2, 0.25) is 5.91 Å². The highest BCUT2D eigenvalue weighted by Crippen LogP contribution is 2.25. The summed E-state index contributed by atoms with van der Waals surface area (Å²) in [5.74, 6) is -0.417. The molecule has 0 fully saturated rings. The number of hydrogen-bond acceptors (Lipinski definition) is 5. The average Bonchev–Trinajstić information content (AvgIpc) is 3.25. The Morgan fingerprint density at radius 2 is 1.90 bits per heavy atom. The van der Waals surface area contributed by atoms with Crippen molar-refractivity contribution in [2.75, 3.05) is 10.3 Å². The smallest absolute Gasteiger partial charge is 0.271 e. The van der Waals surface area contributed by atoms with E-state index in [9.17, 15) is 9.59 Å². The van der Waals surface area contributed by atoms with E-state index in [2.05, 4.69) is 20.5 Å². The molecule has 0 bridgehead atoms. The van der Waals surface area contributed by atoms with Crippen molar-refractivity contribution in [2.45, 2.75) is 33.2 Å². The van der Waals surface area contributed by atoms with Gasteiger partial charge >= 0.3 is 0 Å². The summed E-state index contributed by atoms with van der Waals surface area (Å²) in [5, 5.41) is 12.7. The van der Waals surface area contributed by atoms with Gasteiger partial charge in [0.1, 0.15) is 18.4 Å². The lowest BCUT2D eigenvalue weighted by Crippen LogP contribution is -2.36. The minimum absolute atomic E-state index is 0.113. The lowest BCUT2D eigenvalue weighted by Gasteiger charge is -2.24. The van der Waals surface area contributed by atoms with E-state index in [1.807, 2.05) is 56.3 Å². The van der Waals surface area contributed by atoms with Crippen molar-refractivity contribution in [1.29, 1.82) is 0 Å². The maximum Gasteiger partial charge on any atom is 0.271 e. The van der Waals surface area contributed by atoms with Crippen LogP contribution in [0.3, 0.4) is 0 Å². The fourth-order valence-electron chi connectivity index (χ4n) is 3.25. The van der Waals surface area contributed by atoms with Gasteiger partial charge in [-0.1, -0.05) is 24.3 Å². The molecule has 1 aromatic heterocycles. The first-order valence-corrected chi connectivity index (χ1v) is 9.70. The molecule has 0 saturated carbocycles. The number of benzene rings is 2. The molecular weight excluding hydrogens is 380 g/mol. The van der Waals surface area contributed by atoms with Gasteiger partial charge in [0.05, 0.1) is 12.2 Å². The van der Waals surface area contributed by atoms with Crippen molar-refractivity contribution in [3.63, 3.8) is 0 Å². The standard InChI is InChI=1S/C22H22N6O2/c1-15-3-4-16(2)20(11-15)28-21(29)10-9-19(26-28)22(30)25-18-7-5-17(6-8-18)12-27-14-23-13-24-27/h3-8,11,13-14H,9-10,12H2,1-2H3,(H,25,30). The Morgan fingerprint density at radius 3 is 2.63 bits per heavy atom. The molecule has 0 saturated heterocycles. The van der Waals surface area contributed by atoms with Crippen molar-refractivity contribution < 1.29 is 9.59 Å². The van der Waals surface area contributed by atoms with Crippen LogP contribution in [0.5, 0.6) is 0 Å². The Balaban J connectivity index is 1.48. The monoisotopic (exact) mass is 402 g/mol. The molecule has 8 heteroatoms. The molecule has 0 aliphatic carbocycles. The largest absolute Gasteiger partial charge is 0.321 e. The van der Waals surface area contributed by atoms with Gasteiger partial charge < -0.3 is 5.32 Å². The molecule has 0 atom stereocenters. The first-order valence-electron chi connectivity index (χ1n) is 9.70. The van der Waals surface area contributed by atoms with E-state index in [0.29, 0.717) is 30.1 Å². The van der Waals surface area contributed by atoms with Crippen molar-refractivity contribution in [3.05, 3.63) is 71.8 Å². The SMILES string of the molecule is Cc1ccc(C)c(N2N=C(C(=O)Nc3ccc(Cn4cncn4)cc3)CCC2=O)c1. The molecule has 8 nitrogen and oxygen atoms in total. The predicted molar refractivity (Wildman–Crippen MR) is 114 cm³/mol. The summed E-state index contributed by atoms with van der Waals surface area (Å²) in [6, 6.07) is 13.4. The Kier molecular flexibility index (Phi) is 5.38.